The van der Waals surface area contributed by atoms with E-state index >= 15 is 0 Å². The Morgan fingerprint density at radius 3 is 2.77 bits per heavy atom. The first-order valence-electron chi connectivity index (χ1n) is 9.64. The summed E-state index contributed by atoms with van der Waals surface area (Å²) in [7, 11) is 0. The molecule has 1 aromatic carbocycles. The number of nitrogens with zero attached hydrogens (tertiary/aromatic N) is 2. The summed E-state index contributed by atoms with van der Waals surface area (Å²) in [5.74, 6) is 0.966. The van der Waals surface area contributed by atoms with Crippen LogP contribution in [0.2, 0.25) is 0 Å². The van der Waals surface area contributed by atoms with Gasteiger partial charge in [0.1, 0.15) is 5.75 Å². The standard InChI is InChI=1S/C20H29N3O3/c1-3-15(2)26-18-8-6-16(7-9-18)20(25)22-11-4-5-17(14-22)23-12-10-21-13-19(23)24/h6-9,15,17,21H,3-5,10-14H2,1-2H3. The van der Waals surface area contributed by atoms with Crippen LogP contribution in [0.4, 0.5) is 0 Å². The zero-order chi connectivity index (χ0) is 18.5. The Morgan fingerprint density at radius 2 is 2.08 bits per heavy atom. The van der Waals surface area contributed by atoms with E-state index in [9.17, 15) is 9.59 Å². The minimum atomic E-state index is 0.0346. The molecule has 2 saturated heterocycles. The Balaban J connectivity index is 1.62. The average molecular weight is 359 g/mol. The molecule has 0 bridgehead atoms. The number of hydrogen-bond donors (Lipinski definition) is 1. The van der Waals surface area contributed by atoms with E-state index in [0.717, 1.165) is 44.6 Å². The van der Waals surface area contributed by atoms with Gasteiger partial charge in [0.2, 0.25) is 5.91 Å². The number of carbonyl (C=O) groups excluding carboxylic acids is 2. The number of piperidine rings is 1. The molecule has 2 heterocycles. The fourth-order valence-electron chi connectivity index (χ4n) is 3.58. The summed E-state index contributed by atoms with van der Waals surface area (Å²) >= 11 is 0. The van der Waals surface area contributed by atoms with Crippen LogP contribution in [-0.4, -0.2) is 66.5 Å². The number of benzene rings is 1. The number of nitrogens with one attached hydrogen (secondary N) is 1. The lowest BCUT2D eigenvalue weighted by Gasteiger charge is -2.41. The Hall–Kier alpha value is -2.08. The Labute approximate surface area is 155 Å². The topological polar surface area (TPSA) is 61.9 Å². The van der Waals surface area contributed by atoms with E-state index < -0.39 is 0 Å². The third kappa shape index (κ3) is 4.36. The van der Waals surface area contributed by atoms with Crippen molar-refractivity contribution in [1.29, 1.82) is 0 Å². The van der Waals surface area contributed by atoms with Crippen molar-refractivity contribution in [3.8, 4) is 5.75 Å². The Bertz CT molecular complexity index is 632. The Morgan fingerprint density at radius 1 is 1.31 bits per heavy atom. The highest BCUT2D eigenvalue weighted by Gasteiger charge is 2.31. The third-order valence-electron chi connectivity index (χ3n) is 5.26. The van der Waals surface area contributed by atoms with E-state index in [1.54, 1.807) is 0 Å². The molecule has 6 nitrogen and oxygen atoms in total. The smallest absolute Gasteiger partial charge is 0.253 e. The van der Waals surface area contributed by atoms with Crippen LogP contribution in [-0.2, 0) is 4.79 Å². The summed E-state index contributed by atoms with van der Waals surface area (Å²) in [6.07, 6.45) is 3.01. The summed E-state index contributed by atoms with van der Waals surface area (Å²) < 4.78 is 5.78. The van der Waals surface area contributed by atoms with Crippen LogP contribution >= 0.6 is 0 Å². The lowest BCUT2D eigenvalue weighted by atomic mass is 10.0. The molecule has 2 amide bonds. The van der Waals surface area contributed by atoms with E-state index in [1.807, 2.05) is 41.0 Å². The minimum Gasteiger partial charge on any atom is -0.491 e. The van der Waals surface area contributed by atoms with Crippen molar-refractivity contribution in [3.63, 3.8) is 0 Å². The van der Waals surface area contributed by atoms with Gasteiger partial charge in [0.15, 0.2) is 0 Å². The van der Waals surface area contributed by atoms with E-state index in [4.69, 9.17) is 4.74 Å². The zero-order valence-corrected chi connectivity index (χ0v) is 15.7. The van der Waals surface area contributed by atoms with E-state index in [2.05, 4.69) is 12.2 Å². The number of carbonyl (C=O) groups is 2. The summed E-state index contributed by atoms with van der Waals surface area (Å²) in [5.41, 5.74) is 0.675. The van der Waals surface area contributed by atoms with Gasteiger partial charge in [0.25, 0.3) is 5.91 Å². The highest BCUT2D eigenvalue weighted by molar-refractivity contribution is 5.94. The third-order valence-corrected chi connectivity index (χ3v) is 5.26. The molecule has 26 heavy (non-hydrogen) atoms. The molecule has 0 aromatic heterocycles. The van der Waals surface area contributed by atoms with Crippen molar-refractivity contribution in [2.24, 2.45) is 0 Å². The maximum Gasteiger partial charge on any atom is 0.253 e. The molecule has 1 aromatic rings. The van der Waals surface area contributed by atoms with Crippen LogP contribution in [0.15, 0.2) is 24.3 Å². The van der Waals surface area contributed by atoms with Gasteiger partial charge >= 0.3 is 0 Å². The van der Waals surface area contributed by atoms with Crippen molar-refractivity contribution in [2.75, 3.05) is 32.7 Å². The van der Waals surface area contributed by atoms with Crippen LogP contribution < -0.4 is 10.1 Å². The number of ether oxygens (including phenoxy) is 1. The van der Waals surface area contributed by atoms with Gasteiger partial charge in [-0.05, 0) is 50.5 Å². The van der Waals surface area contributed by atoms with E-state index in [0.29, 0.717) is 18.7 Å². The predicted molar refractivity (Wildman–Crippen MR) is 100 cm³/mol. The monoisotopic (exact) mass is 359 g/mol. The van der Waals surface area contributed by atoms with Gasteiger partial charge in [0, 0.05) is 37.8 Å². The molecular formula is C20H29N3O3. The lowest BCUT2D eigenvalue weighted by molar-refractivity contribution is -0.135. The molecule has 0 spiro atoms. The summed E-state index contributed by atoms with van der Waals surface area (Å²) in [6.45, 7) is 7.45. The van der Waals surface area contributed by atoms with E-state index in [1.165, 1.54) is 0 Å². The highest BCUT2D eigenvalue weighted by atomic mass is 16.5. The first kappa shape index (κ1) is 18.7. The van der Waals surface area contributed by atoms with Gasteiger partial charge in [-0.15, -0.1) is 0 Å². The normalized spacial score (nSPS) is 22.2. The van der Waals surface area contributed by atoms with Gasteiger partial charge < -0.3 is 19.9 Å². The minimum absolute atomic E-state index is 0.0346. The molecule has 2 aliphatic heterocycles. The molecule has 0 aliphatic carbocycles. The average Bonchev–Trinajstić information content (AvgIpc) is 2.68. The molecule has 6 heteroatoms. The van der Waals surface area contributed by atoms with Gasteiger partial charge in [-0.1, -0.05) is 6.92 Å². The zero-order valence-electron chi connectivity index (χ0n) is 15.7. The Kier molecular flexibility index (Phi) is 6.14. The molecule has 0 saturated carbocycles. The number of likely N-dealkylation sites (tertiary alicyclic amines) is 1. The SMILES string of the molecule is CCC(C)Oc1ccc(C(=O)N2CCCC(N3CCNCC3=O)C2)cc1. The fraction of sp³-hybridized carbons (Fsp3) is 0.600. The van der Waals surface area contributed by atoms with Gasteiger partial charge in [-0.25, -0.2) is 0 Å². The van der Waals surface area contributed by atoms with Crippen LogP contribution in [0.25, 0.3) is 0 Å². The second kappa shape index (κ2) is 8.54. The quantitative estimate of drug-likeness (QED) is 0.872. The molecule has 2 aliphatic rings. The predicted octanol–water partition coefficient (Wildman–Crippen LogP) is 1.90. The number of rotatable bonds is 5. The maximum absolute atomic E-state index is 12.9. The molecule has 142 valence electrons. The molecule has 2 unspecified atom stereocenters. The highest BCUT2D eigenvalue weighted by Crippen LogP contribution is 2.21. The molecule has 0 radical (unpaired) electrons. The fourth-order valence-corrected chi connectivity index (χ4v) is 3.58. The molecular weight excluding hydrogens is 330 g/mol. The van der Waals surface area contributed by atoms with Crippen LogP contribution in [0.1, 0.15) is 43.5 Å². The first-order chi connectivity index (χ1) is 12.6. The molecule has 2 atom stereocenters. The summed E-state index contributed by atoms with van der Waals surface area (Å²) in [4.78, 5) is 28.8. The molecule has 2 fully saturated rings. The number of piperazine rings is 1. The molecule has 3 rings (SSSR count). The van der Waals surface area contributed by atoms with Crippen LogP contribution in [0, 0.1) is 0 Å². The van der Waals surface area contributed by atoms with Crippen molar-refractivity contribution >= 4 is 11.8 Å². The van der Waals surface area contributed by atoms with Crippen molar-refractivity contribution in [2.45, 2.75) is 45.3 Å². The first-order valence-corrected chi connectivity index (χ1v) is 9.64. The summed E-state index contributed by atoms with van der Waals surface area (Å²) in [5, 5.41) is 3.10. The van der Waals surface area contributed by atoms with Crippen molar-refractivity contribution in [3.05, 3.63) is 29.8 Å². The summed E-state index contributed by atoms with van der Waals surface area (Å²) in [6, 6.07) is 7.52. The van der Waals surface area contributed by atoms with E-state index in [-0.39, 0.29) is 24.0 Å². The van der Waals surface area contributed by atoms with Gasteiger partial charge in [-0.2, -0.15) is 0 Å². The van der Waals surface area contributed by atoms with Crippen molar-refractivity contribution < 1.29 is 14.3 Å². The second-order valence-electron chi connectivity index (χ2n) is 7.17. The largest absolute Gasteiger partial charge is 0.491 e. The van der Waals surface area contributed by atoms with Crippen LogP contribution in [0.3, 0.4) is 0 Å². The maximum atomic E-state index is 12.9. The van der Waals surface area contributed by atoms with Gasteiger partial charge in [0.05, 0.1) is 12.6 Å². The lowest BCUT2D eigenvalue weighted by Crippen LogP contribution is -2.57. The van der Waals surface area contributed by atoms with Gasteiger partial charge in [-0.3, -0.25) is 9.59 Å². The number of hydrogen-bond acceptors (Lipinski definition) is 4. The molecule has 1 N–H and O–H groups in total. The van der Waals surface area contributed by atoms with Crippen LogP contribution in [0.5, 0.6) is 5.75 Å². The number of amides is 2. The van der Waals surface area contributed by atoms with Crippen molar-refractivity contribution in [1.82, 2.24) is 15.1 Å². The second-order valence-corrected chi connectivity index (χ2v) is 7.17.